The number of aryl methyl sites for hydroxylation is 1. The SMILES string of the molecule is Cc1cccc(NS(=O)(=O)c2ccc(C(=O)Nc3cc(-c4cccs4)[nH]n3)cc2)c1C. The fourth-order valence-electron chi connectivity index (χ4n) is 2.98. The molecule has 31 heavy (non-hydrogen) atoms. The van der Waals surface area contributed by atoms with E-state index in [1.54, 1.807) is 29.5 Å². The van der Waals surface area contributed by atoms with Crippen molar-refractivity contribution < 1.29 is 13.2 Å². The smallest absolute Gasteiger partial charge is 0.261 e. The molecule has 7 nitrogen and oxygen atoms in total. The standard InChI is InChI=1S/C22H20N4O3S2/c1-14-5-3-6-18(15(14)2)26-31(28,29)17-10-8-16(9-11-17)22(27)23-21-13-19(24-25-21)20-7-4-12-30-20/h3-13,26H,1-2H3,(H2,23,24,25,27). The molecule has 0 atom stereocenters. The zero-order chi connectivity index (χ0) is 22.0. The minimum absolute atomic E-state index is 0.0738. The number of nitrogens with one attached hydrogen (secondary N) is 3. The predicted molar refractivity (Wildman–Crippen MR) is 123 cm³/mol. The van der Waals surface area contributed by atoms with Crippen LogP contribution in [-0.4, -0.2) is 24.5 Å². The van der Waals surface area contributed by atoms with Gasteiger partial charge in [0.15, 0.2) is 5.82 Å². The van der Waals surface area contributed by atoms with E-state index in [-0.39, 0.29) is 10.8 Å². The highest BCUT2D eigenvalue weighted by Crippen LogP contribution is 2.25. The Kier molecular flexibility index (Phi) is 5.62. The van der Waals surface area contributed by atoms with Crippen LogP contribution < -0.4 is 10.0 Å². The molecule has 4 rings (SSSR count). The van der Waals surface area contributed by atoms with Gasteiger partial charge in [-0.15, -0.1) is 11.3 Å². The van der Waals surface area contributed by atoms with Gasteiger partial charge in [-0.2, -0.15) is 5.10 Å². The number of thiophene rings is 1. The van der Waals surface area contributed by atoms with Crippen LogP contribution in [0.4, 0.5) is 11.5 Å². The molecular formula is C22H20N4O3S2. The van der Waals surface area contributed by atoms with Gasteiger partial charge in [-0.25, -0.2) is 8.42 Å². The first-order chi connectivity index (χ1) is 14.8. The molecule has 0 aliphatic carbocycles. The van der Waals surface area contributed by atoms with E-state index in [4.69, 9.17) is 0 Å². The van der Waals surface area contributed by atoms with E-state index >= 15 is 0 Å². The molecule has 3 N–H and O–H groups in total. The Labute approximate surface area is 184 Å². The maximum Gasteiger partial charge on any atom is 0.261 e. The third kappa shape index (κ3) is 4.52. The quantitative estimate of drug-likeness (QED) is 0.391. The van der Waals surface area contributed by atoms with Gasteiger partial charge < -0.3 is 5.32 Å². The lowest BCUT2D eigenvalue weighted by Crippen LogP contribution is -2.15. The first-order valence-electron chi connectivity index (χ1n) is 9.43. The Balaban J connectivity index is 1.47. The molecule has 0 fully saturated rings. The number of carbonyl (C=O) groups is 1. The molecule has 0 aliphatic heterocycles. The third-order valence-corrected chi connectivity index (χ3v) is 7.17. The van der Waals surface area contributed by atoms with Crippen molar-refractivity contribution in [2.45, 2.75) is 18.7 Å². The van der Waals surface area contributed by atoms with Gasteiger partial charge in [0.25, 0.3) is 15.9 Å². The van der Waals surface area contributed by atoms with E-state index in [9.17, 15) is 13.2 Å². The number of nitrogens with zero attached hydrogens (tertiary/aromatic N) is 1. The number of carbonyl (C=O) groups excluding carboxylic acids is 1. The summed E-state index contributed by atoms with van der Waals surface area (Å²) in [4.78, 5) is 13.6. The van der Waals surface area contributed by atoms with E-state index in [1.807, 2.05) is 37.4 Å². The largest absolute Gasteiger partial charge is 0.305 e. The second-order valence-corrected chi connectivity index (χ2v) is 9.61. The maximum absolute atomic E-state index is 12.7. The molecule has 0 radical (unpaired) electrons. The molecular weight excluding hydrogens is 432 g/mol. The minimum atomic E-state index is -3.77. The Morgan fingerprint density at radius 2 is 1.81 bits per heavy atom. The summed E-state index contributed by atoms with van der Waals surface area (Å²) in [6, 6.07) is 16.8. The van der Waals surface area contributed by atoms with Gasteiger partial charge >= 0.3 is 0 Å². The summed E-state index contributed by atoms with van der Waals surface area (Å²) in [6.45, 7) is 3.78. The van der Waals surface area contributed by atoms with Crippen molar-refractivity contribution in [2.75, 3.05) is 10.0 Å². The summed E-state index contributed by atoms with van der Waals surface area (Å²) in [6.07, 6.45) is 0. The van der Waals surface area contributed by atoms with Crippen LogP contribution in [-0.2, 0) is 10.0 Å². The fraction of sp³-hybridized carbons (Fsp3) is 0.0909. The lowest BCUT2D eigenvalue weighted by atomic mass is 10.1. The summed E-state index contributed by atoms with van der Waals surface area (Å²) in [5.74, 6) is 0.0114. The Hall–Kier alpha value is -3.43. The third-order valence-electron chi connectivity index (χ3n) is 4.88. The molecule has 0 saturated carbocycles. The van der Waals surface area contributed by atoms with Gasteiger partial charge in [-0.3, -0.25) is 14.6 Å². The number of amides is 1. The average molecular weight is 453 g/mol. The van der Waals surface area contributed by atoms with E-state index in [0.717, 1.165) is 21.7 Å². The van der Waals surface area contributed by atoms with E-state index in [2.05, 4.69) is 20.2 Å². The first kappa shape index (κ1) is 20.8. The molecule has 1 amide bonds. The van der Waals surface area contributed by atoms with Crippen molar-refractivity contribution in [2.24, 2.45) is 0 Å². The van der Waals surface area contributed by atoms with Crippen molar-refractivity contribution in [3.05, 3.63) is 82.7 Å². The summed E-state index contributed by atoms with van der Waals surface area (Å²) in [7, 11) is -3.77. The van der Waals surface area contributed by atoms with Crippen LogP contribution in [0.15, 0.2) is 70.9 Å². The van der Waals surface area contributed by atoms with Gasteiger partial charge in [-0.1, -0.05) is 18.2 Å². The van der Waals surface area contributed by atoms with Crippen LogP contribution in [0.1, 0.15) is 21.5 Å². The lowest BCUT2D eigenvalue weighted by molar-refractivity contribution is 0.102. The van der Waals surface area contributed by atoms with Crippen LogP contribution in [0, 0.1) is 13.8 Å². The second-order valence-electron chi connectivity index (χ2n) is 6.98. The molecule has 2 heterocycles. The number of hydrogen-bond donors (Lipinski definition) is 3. The second kappa shape index (κ2) is 8.37. The highest BCUT2D eigenvalue weighted by atomic mass is 32.2. The summed E-state index contributed by atoms with van der Waals surface area (Å²) in [5.41, 5.74) is 3.52. The monoisotopic (exact) mass is 452 g/mol. The number of aromatic nitrogens is 2. The number of H-pyrrole nitrogens is 1. The minimum Gasteiger partial charge on any atom is -0.305 e. The molecule has 0 saturated heterocycles. The average Bonchev–Trinajstić information content (AvgIpc) is 3.43. The molecule has 9 heteroatoms. The lowest BCUT2D eigenvalue weighted by Gasteiger charge is -2.12. The van der Waals surface area contributed by atoms with Crippen molar-refractivity contribution in [1.82, 2.24) is 10.2 Å². The Bertz CT molecular complexity index is 1330. The molecule has 0 bridgehead atoms. The number of rotatable bonds is 6. The molecule has 4 aromatic rings. The van der Waals surface area contributed by atoms with Crippen LogP contribution in [0.25, 0.3) is 10.6 Å². The highest BCUT2D eigenvalue weighted by Gasteiger charge is 2.17. The van der Waals surface area contributed by atoms with Crippen LogP contribution in [0.5, 0.6) is 0 Å². The molecule has 158 valence electrons. The molecule has 2 aromatic heterocycles. The number of benzene rings is 2. The van der Waals surface area contributed by atoms with Crippen molar-refractivity contribution in [1.29, 1.82) is 0 Å². The molecule has 0 unspecified atom stereocenters. The van der Waals surface area contributed by atoms with Crippen LogP contribution in [0.2, 0.25) is 0 Å². The zero-order valence-corrected chi connectivity index (χ0v) is 18.5. The van der Waals surface area contributed by atoms with E-state index in [1.165, 1.54) is 24.3 Å². The molecule has 2 aromatic carbocycles. The number of aromatic amines is 1. The highest BCUT2D eigenvalue weighted by molar-refractivity contribution is 7.92. The first-order valence-corrected chi connectivity index (χ1v) is 11.8. The van der Waals surface area contributed by atoms with Crippen molar-refractivity contribution >= 4 is 38.8 Å². The molecule has 0 aliphatic rings. The van der Waals surface area contributed by atoms with Crippen LogP contribution >= 0.6 is 11.3 Å². The molecule has 0 spiro atoms. The maximum atomic E-state index is 12.7. The fourth-order valence-corrected chi connectivity index (χ4v) is 4.80. The van der Waals surface area contributed by atoms with Gasteiger partial charge in [0, 0.05) is 11.6 Å². The van der Waals surface area contributed by atoms with Crippen LogP contribution in [0.3, 0.4) is 0 Å². The Morgan fingerprint density at radius 1 is 1.03 bits per heavy atom. The number of anilines is 2. The predicted octanol–water partition coefficient (Wildman–Crippen LogP) is 4.81. The number of sulfonamides is 1. The summed E-state index contributed by atoms with van der Waals surface area (Å²) in [5, 5.41) is 11.7. The van der Waals surface area contributed by atoms with Crippen molar-refractivity contribution in [3.8, 4) is 10.6 Å². The van der Waals surface area contributed by atoms with Gasteiger partial charge in [0.2, 0.25) is 0 Å². The van der Waals surface area contributed by atoms with E-state index < -0.39 is 10.0 Å². The van der Waals surface area contributed by atoms with Crippen molar-refractivity contribution in [3.63, 3.8) is 0 Å². The zero-order valence-electron chi connectivity index (χ0n) is 16.8. The van der Waals surface area contributed by atoms with Gasteiger partial charge in [0.1, 0.15) is 0 Å². The van der Waals surface area contributed by atoms with E-state index in [0.29, 0.717) is 17.1 Å². The van der Waals surface area contributed by atoms with Gasteiger partial charge in [-0.05, 0) is 66.8 Å². The number of hydrogen-bond acceptors (Lipinski definition) is 5. The normalized spacial score (nSPS) is 11.3. The topological polar surface area (TPSA) is 104 Å². The summed E-state index contributed by atoms with van der Waals surface area (Å²) < 4.78 is 28.1. The van der Waals surface area contributed by atoms with Gasteiger partial charge in [0.05, 0.1) is 21.2 Å². The summed E-state index contributed by atoms with van der Waals surface area (Å²) >= 11 is 1.56. The Morgan fingerprint density at radius 3 is 2.52 bits per heavy atom.